The summed E-state index contributed by atoms with van der Waals surface area (Å²) in [5.74, 6) is 0. The second kappa shape index (κ2) is 4.10. The maximum Gasteiger partial charge on any atom is -0.0154 e. The molecule has 0 nitrogen and oxygen atoms in total. The SMILES string of the molecule is C/C=C(\C)C1=CCC=C(C)C=C1. The standard InChI is InChI=1S/C12H16/c1-4-11(3)12-7-5-6-10(2)8-9-12/h4,6-9H,5H2,1-3H3/b11-4+. The van der Waals surface area contributed by atoms with E-state index in [1.165, 1.54) is 16.7 Å². The van der Waals surface area contributed by atoms with Crippen LogP contribution in [0.4, 0.5) is 0 Å². The zero-order valence-electron chi connectivity index (χ0n) is 8.09. The van der Waals surface area contributed by atoms with E-state index in [2.05, 4.69) is 51.2 Å². The van der Waals surface area contributed by atoms with Crippen molar-refractivity contribution in [2.24, 2.45) is 0 Å². The monoisotopic (exact) mass is 160 g/mol. The highest BCUT2D eigenvalue weighted by Gasteiger charge is 1.96. The van der Waals surface area contributed by atoms with Crippen LogP contribution in [-0.2, 0) is 0 Å². The fraction of sp³-hybridized carbons (Fsp3) is 0.333. The van der Waals surface area contributed by atoms with Crippen LogP contribution in [-0.4, -0.2) is 0 Å². The quantitative estimate of drug-likeness (QED) is 0.547. The third-order valence-electron chi connectivity index (χ3n) is 2.19. The number of hydrogen-bond donors (Lipinski definition) is 0. The molecule has 0 fully saturated rings. The van der Waals surface area contributed by atoms with E-state index in [-0.39, 0.29) is 0 Å². The molecule has 0 unspecified atom stereocenters. The maximum atomic E-state index is 2.27. The van der Waals surface area contributed by atoms with Gasteiger partial charge in [0.05, 0.1) is 0 Å². The maximum absolute atomic E-state index is 2.27. The van der Waals surface area contributed by atoms with Crippen molar-refractivity contribution in [1.82, 2.24) is 0 Å². The number of allylic oxidation sites excluding steroid dienone is 8. The summed E-state index contributed by atoms with van der Waals surface area (Å²) in [5, 5.41) is 0. The molecular formula is C12H16. The lowest BCUT2D eigenvalue weighted by molar-refractivity contribution is 1.31. The Morgan fingerprint density at radius 1 is 1.33 bits per heavy atom. The Hall–Kier alpha value is -1.04. The fourth-order valence-corrected chi connectivity index (χ4v) is 1.19. The summed E-state index contributed by atoms with van der Waals surface area (Å²) in [6, 6.07) is 0. The molecule has 0 aromatic carbocycles. The first-order valence-electron chi connectivity index (χ1n) is 4.42. The second-order valence-corrected chi connectivity index (χ2v) is 3.15. The first-order valence-corrected chi connectivity index (χ1v) is 4.42. The highest BCUT2D eigenvalue weighted by Crippen LogP contribution is 2.16. The Balaban J connectivity index is 2.84. The molecule has 1 aliphatic rings. The lowest BCUT2D eigenvalue weighted by Crippen LogP contribution is -1.79. The zero-order chi connectivity index (χ0) is 8.97. The van der Waals surface area contributed by atoms with Gasteiger partial charge in [-0.05, 0) is 38.3 Å². The van der Waals surface area contributed by atoms with Crippen molar-refractivity contribution in [2.45, 2.75) is 27.2 Å². The highest BCUT2D eigenvalue weighted by molar-refractivity contribution is 5.42. The first-order chi connectivity index (χ1) is 5.74. The average Bonchev–Trinajstić information content (AvgIpc) is 2.29. The van der Waals surface area contributed by atoms with Crippen LogP contribution in [0.5, 0.6) is 0 Å². The summed E-state index contributed by atoms with van der Waals surface area (Å²) < 4.78 is 0. The van der Waals surface area contributed by atoms with Crippen LogP contribution in [0, 0.1) is 0 Å². The molecule has 0 atom stereocenters. The molecule has 0 aliphatic heterocycles. The predicted octanol–water partition coefficient (Wildman–Crippen LogP) is 3.79. The van der Waals surface area contributed by atoms with E-state index in [0.29, 0.717) is 0 Å². The molecule has 0 heterocycles. The van der Waals surface area contributed by atoms with Crippen LogP contribution in [0.3, 0.4) is 0 Å². The zero-order valence-corrected chi connectivity index (χ0v) is 8.09. The highest BCUT2D eigenvalue weighted by atomic mass is 14.0. The van der Waals surface area contributed by atoms with E-state index >= 15 is 0 Å². The van der Waals surface area contributed by atoms with Gasteiger partial charge >= 0.3 is 0 Å². The molecule has 1 aliphatic carbocycles. The van der Waals surface area contributed by atoms with Gasteiger partial charge in [-0.1, -0.05) is 36.0 Å². The van der Waals surface area contributed by atoms with E-state index in [4.69, 9.17) is 0 Å². The molecular weight excluding hydrogens is 144 g/mol. The summed E-state index contributed by atoms with van der Waals surface area (Å²) in [4.78, 5) is 0. The smallest absolute Gasteiger partial charge is 0.0154 e. The van der Waals surface area contributed by atoms with Crippen LogP contribution < -0.4 is 0 Å². The fourth-order valence-electron chi connectivity index (χ4n) is 1.19. The summed E-state index contributed by atoms with van der Waals surface area (Å²) >= 11 is 0. The van der Waals surface area contributed by atoms with Crippen molar-refractivity contribution < 1.29 is 0 Å². The largest absolute Gasteiger partial charge is 0.0841 e. The van der Waals surface area contributed by atoms with Crippen molar-refractivity contribution in [3.8, 4) is 0 Å². The molecule has 12 heavy (non-hydrogen) atoms. The third-order valence-corrected chi connectivity index (χ3v) is 2.19. The Morgan fingerprint density at radius 2 is 2.08 bits per heavy atom. The van der Waals surface area contributed by atoms with E-state index in [9.17, 15) is 0 Å². The number of hydrogen-bond acceptors (Lipinski definition) is 0. The Labute approximate surface area is 75.0 Å². The summed E-state index contributed by atoms with van der Waals surface area (Å²) in [5.41, 5.74) is 4.06. The third kappa shape index (κ3) is 2.23. The minimum atomic E-state index is 1.05. The molecule has 0 aromatic rings. The lowest BCUT2D eigenvalue weighted by Gasteiger charge is -1.99. The normalized spacial score (nSPS) is 18.4. The molecule has 0 bridgehead atoms. The van der Waals surface area contributed by atoms with Gasteiger partial charge in [0, 0.05) is 0 Å². The molecule has 0 aromatic heterocycles. The molecule has 64 valence electrons. The molecule has 0 radical (unpaired) electrons. The minimum Gasteiger partial charge on any atom is -0.0841 e. The van der Waals surface area contributed by atoms with Crippen molar-refractivity contribution in [3.63, 3.8) is 0 Å². The summed E-state index contributed by atoms with van der Waals surface area (Å²) in [6.07, 6.45) is 12.1. The molecule has 0 spiro atoms. The van der Waals surface area contributed by atoms with Crippen LogP contribution >= 0.6 is 0 Å². The van der Waals surface area contributed by atoms with E-state index < -0.39 is 0 Å². The minimum absolute atomic E-state index is 1.05. The first kappa shape index (κ1) is 9.05. The predicted molar refractivity (Wildman–Crippen MR) is 55.0 cm³/mol. The van der Waals surface area contributed by atoms with Crippen LogP contribution in [0.2, 0.25) is 0 Å². The van der Waals surface area contributed by atoms with Crippen molar-refractivity contribution >= 4 is 0 Å². The van der Waals surface area contributed by atoms with Crippen LogP contribution in [0.25, 0.3) is 0 Å². The molecule has 0 saturated heterocycles. The average molecular weight is 160 g/mol. The Morgan fingerprint density at radius 3 is 2.75 bits per heavy atom. The van der Waals surface area contributed by atoms with Crippen LogP contribution in [0.1, 0.15) is 27.2 Å². The second-order valence-electron chi connectivity index (χ2n) is 3.15. The molecule has 1 rings (SSSR count). The molecule has 0 amide bonds. The number of rotatable bonds is 1. The van der Waals surface area contributed by atoms with Gasteiger partial charge in [0.25, 0.3) is 0 Å². The summed E-state index contributed by atoms with van der Waals surface area (Å²) in [7, 11) is 0. The van der Waals surface area contributed by atoms with Gasteiger partial charge in [-0.3, -0.25) is 0 Å². The van der Waals surface area contributed by atoms with E-state index in [1.54, 1.807) is 0 Å². The topological polar surface area (TPSA) is 0 Å². The Bertz CT molecular complexity index is 272. The van der Waals surface area contributed by atoms with Gasteiger partial charge in [0.15, 0.2) is 0 Å². The van der Waals surface area contributed by atoms with E-state index in [0.717, 1.165) is 6.42 Å². The van der Waals surface area contributed by atoms with Crippen molar-refractivity contribution in [2.75, 3.05) is 0 Å². The van der Waals surface area contributed by atoms with Gasteiger partial charge in [0.1, 0.15) is 0 Å². The van der Waals surface area contributed by atoms with Gasteiger partial charge in [-0.2, -0.15) is 0 Å². The van der Waals surface area contributed by atoms with Gasteiger partial charge in [-0.15, -0.1) is 0 Å². The Kier molecular flexibility index (Phi) is 3.09. The van der Waals surface area contributed by atoms with Gasteiger partial charge < -0.3 is 0 Å². The van der Waals surface area contributed by atoms with Gasteiger partial charge in [0.2, 0.25) is 0 Å². The molecule has 0 saturated carbocycles. The van der Waals surface area contributed by atoms with E-state index in [1.807, 2.05) is 0 Å². The summed E-state index contributed by atoms with van der Waals surface area (Å²) in [6.45, 7) is 6.37. The molecule has 0 heteroatoms. The van der Waals surface area contributed by atoms with Crippen LogP contribution in [0.15, 0.2) is 47.1 Å². The van der Waals surface area contributed by atoms with Gasteiger partial charge in [-0.25, -0.2) is 0 Å². The molecule has 0 N–H and O–H groups in total. The lowest BCUT2D eigenvalue weighted by atomic mass is 10.1. The van der Waals surface area contributed by atoms with Crippen molar-refractivity contribution in [3.05, 3.63) is 47.1 Å². The van der Waals surface area contributed by atoms with Crippen molar-refractivity contribution in [1.29, 1.82) is 0 Å².